The van der Waals surface area contributed by atoms with Crippen LogP contribution in [-0.2, 0) is 14.8 Å². The number of hydrogen-bond acceptors (Lipinski definition) is 6. The molecule has 150 valence electrons. The lowest BCUT2D eigenvalue weighted by Gasteiger charge is -2.19. The molecule has 9 nitrogen and oxygen atoms in total. The maximum atomic E-state index is 12.8. The summed E-state index contributed by atoms with van der Waals surface area (Å²) in [7, 11) is -1.52. The molecule has 1 amide bonds. The number of anilines is 1. The molecule has 1 N–H and O–H groups in total. The summed E-state index contributed by atoms with van der Waals surface area (Å²) in [6, 6.07) is 8.14. The number of amides is 1. The Hall–Kier alpha value is -2.69. The van der Waals surface area contributed by atoms with Gasteiger partial charge in [-0.15, -0.1) is 0 Å². The van der Waals surface area contributed by atoms with Gasteiger partial charge in [0.1, 0.15) is 10.6 Å². The zero-order valence-corrected chi connectivity index (χ0v) is 16.9. The molecule has 0 aliphatic heterocycles. The number of nitrogens with zero attached hydrogens (tertiary/aromatic N) is 2. The summed E-state index contributed by atoms with van der Waals surface area (Å²) in [6.07, 6.45) is 0. The van der Waals surface area contributed by atoms with Crippen molar-refractivity contribution in [1.29, 1.82) is 0 Å². The van der Waals surface area contributed by atoms with Crippen LogP contribution in [0.3, 0.4) is 0 Å². The van der Waals surface area contributed by atoms with Crippen LogP contribution in [0.15, 0.2) is 41.3 Å². The van der Waals surface area contributed by atoms with E-state index >= 15 is 0 Å². The van der Waals surface area contributed by atoms with Gasteiger partial charge in [-0.05, 0) is 30.7 Å². The van der Waals surface area contributed by atoms with Crippen molar-refractivity contribution in [2.75, 3.05) is 26.0 Å². The summed E-state index contributed by atoms with van der Waals surface area (Å²) in [5, 5.41) is 13.6. The average Bonchev–Trinajstić information content (AvgIpc) is 2.63. The van der Waals surface area contributed by atoms with Crippen LogP contribution in [0.2, 0.25) is 5.02 Å². The smallest absolute Gasteiger partial charge is 0.271 e. The van der Waals surface area contributed by atoms with Gasteiger partial charge in [0.2, 0.25) is 15.9 Å². The molecular formula is C17H18ClN3O6S. The third kappa shape index (κ3) is 4.77. The predicted octanol–water partition coefficient (Wildman–Crippen LogP) is 2.82. The van der Waals surface area contributed by atoms with Gasteiger partial charge < -0.3 is 10.1 Å². The molecule has 0 heterocycles. The van der Waals surface area contributed by atoms with Crippen molar-refractivity contribution in [2.45, 2.75) is 11.8 Å². The second kappa shape index (κ2) is 8.55. The number of nitrogens with one attached hydrogen (secondary N) is 1. The van der Waals surface area contributed by atoms with Crippen LogP contribution in [0.4, 0.5) is 11.4 Å². The molecule has 0 atom stereocenters. The van der Waals surface area contributed by atoms with Crippen molar-refractivity contribution in [3.63, 3.8) is 0 Å². The van der Waals surface area contributed by atoms with Crippen molar-refractivity contribution in [3.05, 3.63) is 57.1 Å². The van der Waals surface area contributed by atoms with Gasteiger partial charge in [-0.1, -0.05) is 17.7 Å². The van der Waals surface area contributed by atoms with E-state index in [4.69, 9.17) is 16.3 Å². The largest absolute Gasteiger partial charge is 0.495 e. The lowest BCUT2D eigenvalue weighted by molar-refractivity contribution is -0.384. The summed E-state index contributed by atoms with van der Waals surface area (Å²) in [5.41, 5.74) is 0.636. The van der Waals surface area contributed by atoms with Crippen LogP contribution in [0.5, 0.6) is 5.75 Å². The number of hydrogen-bond donors (Lipinski definition) is 1. The van der Waals surface area contributed by atoms with Crippen molar-refractivity contribution in [1.82, 2.24) is 4.31 Å². The monoisotopic (exact) mass is 427 g/mol. The van der Waals surface area contributed by atoms with E-state index in [-0.39, 0.29) is 27.0 Å². The Morgan fingerprint density at radius 2 is 1.96 bits per heavy atom. The maximum Gasteiger partial charge on any atom is 0.271 e. The number of nitro benzene ring substituents is 1. The number of sulfonamides is 1. The number of methoxy groups -OCH3 is 1. The zero-order chi connectivity index (χ0) is 21.1. The highest BCUT2D eigenvalue weighted by Gasteiger charge is 2.27. The van der Waals surface area contributed by atoms with Gasteiger partial charge in [-0.3, -0.25) is 14.9 Å². The molecule has 0 spiro atoms. The molecule has 2 aromatic carbocycles. The minimum absolute atomic E-state index is 0.0891. The highest BCUT2D eigenvalue weighted by atomic mass is 35.5. The quantitative estimate of drug-likeness (QED) is 0.536. The first-order chi connectivity index (χ1) is 13.1. The van der Waals surface area contributed by atoms with Gasteiger partial charge in [-0.2, -0.15) is 4.31 Å². The molecule has 0 fully saturated rings. The van der Waals surface area contributed by atoms with E-state index in [1.165, 1.54) is 50.6 Å². The zero-order valence-electron chi connectivity index (χ0n) is 15.3. The standard InChI is InChI=1S/C17H18ClN3O6S/c1-11-4-6-13(21(23)24)9-14(11)19-17(22)10-20(2)28(25,26)16-8-12(18)5-7-15(16)27-3/h4-9H,10H2,1-3H3,(H,19,22). The van der Waals surface area contributed by atoms with E-state index < -0.39 is 27.4 Å². The third-order valence-corrected chi connectivity index (χ3v) is 5.95. The van der Waals surface area contributed by atoms with Crippen LogP contribution >= 0.6 is 11.6 Å². The van der Waals surface area contributed by atoms with Crippen LogP contribution in [0.25, 0.3) is 0 Å². The van der Waals surface area contributed by atoms with Crippen LogP contribution in [0, 0.1) is 17.0 Å². The third-order valence-electron chi connectivity index (χ3n) is 3.89. The highest BCUT2D eigenvalue weighted by molar-refractivity contribution is 7.89. The number of ether oxygens (including phenoxy) is 1. The van der Waals surface area contributed by atoms with E-state index in [1.54, 1.807) is 6.92 Å². The second-order valence-electron chi connectivity index (χ2n) is 5.86. The molecule has 0 aliphatic carbocycles. The summed E-state index contributed by atoms with van der Waals surface area (Å²) in [4.78, 5) is 22.4. The summed E-state index contributed by atoms with van der Waals surface area (Å²) >= 11 is 5.88. The Balaban J connectivity index is 2.22. The van der Waals surface area contributed by atoms with Crippen LogP contribution in [-0.4, -0.2) is 44.3 Å². The molecule has 2 aromatic rings. The van der Waals surface area contributed by atoms with E-state index in [9.17, 15) is 23.3 Å². The van der Waals surface area contributed by atoms with Gasteiger partial charge in [0.15, 0.2) is 0 Å². The predicted molar refractivity (Wildman–Crippen MR) is 104 cm³/mol. The minimum atomic E-state index is -4.07. The summed E-state index contributed by atoms with van der Waals surface area (Å²) in [6.45, 7) is 1.15. The van der Waals surface area contributed by atoms with Crippen LogP contribution < -0.4 is 10.1 Å². The van der Waals surface area contributed by atoms with Crippen molar-refractivity contribution in [2.24, 2.45) is 0 Å². The van der Waals surface area contributed by atoms with E-state index in [0.717, 1.165) is 4.31 Å². The number of benzene rings is 2. The molecule has 0 saturated carbocycles. The maximum absolute atomic E-state index is 12.8. The van der Waals surface area contributed by atoms with Gasteiger partial charge in [0, 0.05) is 24.2 Å². The van der Waals surface area contributed by atoms with E-state index in [2.05, 4.69) is 5.32 Å². The molecular weight excluding hydrogens is 410 g/mol. The van der Waals surface area contributed by atoms with Crippen LogP contribution in [0.1, 0.15) is 5.56 Å². The summed E-state index contributed by atoms with van der Waals surface area (Å²) < 4.78 is 31.5. The molecule has 0 aliphatic rings. The fourth-order valence-corrected chi connectivity index (χ4v) is 3.90. The Labute approximate surface area is 167 Å². The second-order valence-corrected chi connectivity index (χ2v) is 8.31. The summed E-state index contributed by atoms with van der Waals surface area (Å²) in [5.74, 6) is -0.568. The highest BCUT2D eigenvalue weighted by Crippen LogP contribution is 2.29. The topological polar surface area (TPSA) is 119 Å². The molecule has 11 heteroatoms. The molecule has 0 radical (unpaired) electrons. The lowest BCUT2D eigenvalue weighted by Crippen LogP contribution is -2.35. The normalized spacial score (nSPS) is 11.3. The SMILES string of the molecule is COc1ccc(Cl)cc1S(=O)(=O)N(C)CC(=O)Nc1cc([N+](=O)[O-])ccc1C. The number of halogens is 1. The lowest BCUT2D eigenvalue weighted by atomic mass is 10.2. The number of likely N-dealkylation sites (N-methyl/N-ethyl adjacent to an activating group) is 1. The number of nitro groups is 1. The van der Waals surface area contributed by atoms with E-state index in [1.807, 2.05) is 0 Å². The number of carbonyl (C=O) groups excluding carboxylic acids is 1. The Kier molecular flexibility index (Phi) is 6.60. The van der Waals surface area contributed by atoms with Gasteiger partial charge in [-0.25, -0.2) is 8.42 Å². The Morgan fingerprint density at radius 1 is 1.29 bits per heavy atom. The number of aryl methyl sites for hydroxylation is 1. The fourth-order valence-electron chi connectivity index (χ4n) is 2.36. The fraction of sp³-hybridized carbons (Fsp3) is 0.235. The Bertz CT molecular complexity index is 1030. The van der Waals surface area contributed by atoms with Gasteiger partial charge >= 0.3 is 0 Å². The van der Waals surface area contributed by atoms with Gasteiger partial charge in [0.05, 0.1) is 24.3 Å². The molecule has 2 rings (SSSR count). The molecule has 0 saturated heterocycles. The minimum Gasteiger partial charge on any atom is -0.495 e. The molecule has 0 aromatic heterocycles. The van der Waals surface area contributed by atoms with Crippen molar-refractivity contribution >= 4 is 38.9 Å². The van der Waals surface area contributed by atoms with Crippen molar-refractivity contribution in [3.8, 4) is 5.75 Å². The van der Waals surface area contributed by atoms with Gasteiger partial charge in [0.25, 0.3) is 5.69 Å². The Morgan fingerprint density at radius 3 is 2.57 bits per heavy atom. The first-order valence-corrected chi connectivity index (χ1v) is 9.73. The average molecular weight is 428 g/mol. The first kappa shape index (κ1) is 21.6. The number of non-ortho nitro benzene ring substituents is 1. The number of carbonyl (C=O) groups is 1. The van der Waals surface area contributed by atoms with Crippen molar-refractivity contribution < 1.29 is 22.9 Å². The molecule has 0 bridgehead atoms. The molecule has 28 heavy (non-hydrogen) atoms. The molecule has 0 unspecified atom stereocenters. The number of rotatable bonds is 7. The first-order valence-electron chi connectivity index (χ1n) is 7.91. The van der Waals surface area contributed by atoms with E-state index in [0.29, 0.717) is 5.56 Å².